The largest absolute Gasteiger partial charge is 0.486 e. The average Bonchev–Trinajstić information content (AvgIpc) is 2.23. The molecule has 1 N–H and O–H groups in total. The van der Waals surface area contributed by atoms with E-state index in [0.29, 0.717) is 11.7 Å². The van der Waals surface area contributed by atoms with Gasteiger partial charge in [0.15, 0.2) is 11.6 Å². The molecule has 0 aliphatic heterocycles. The molecule has 0 saturated heterocycles. The van der Waals surface area contributed by atoms with Crippen molar-refractivity contribution in [3.63, 3.8) is 0 Å². The van der Waals surface area contributed by atoms with Crippen LogP contribution in [0.2, 0.25) is 0 Å². The van der Waals surface area contributed by atoms with Gasteiger partial charge in [0.05, 0.1) is 0 Å². The molecule has 0 aliphatic carbocycles. The molecular formula is C14H22FNO. The Kier molecular flexibility index (Phi) is 5.42. The number of hydrogen-bond acceptors (Lipinski definition) is 2. The summed E-state index contributed by atoms with van der Waals surface area (Å²) in [5.41, 5.74) is 1.00. The minimum atomic E-state index is -0.300. The molecule has 0 aliphatic rings. The lowest BCUT2D eigenvalue weighted by Crippen LogP contribution is -2.31. The first-order valence-electron chi connectivity index (χ1n) is 6.12. The van der Waals surface area contributed by atoms with E-state index in [1.54, 1.807) is 12.1 Å². The van der Waals surface area contributed by atoms with Crippen molar-refractivity contribution in [2.75, 3.05) is 13.1 Å². The molecule has 0 saturated carbocycles. The minimum absolute atomic E-state index is 0.0370. The summed E-state index contributed by atoms with van der Waals surface area (Å²) in [6.07, 6.45) is -0.0370. The highest BCUT2D eigenvalue weighted by molar-refractivity contribution is 5.29. The van der Waals surface area contributed by atoms with E-state index < -0.39 is 0 Å². The van der Waals surface area contributed by atoms with E-state index in [4.69, 9.17) is 4.74 Å². The summed E-state index contributed by atoms with van der Waals surface area (Å²) in [6, 6.07) is 4.91. The van der Waals surface area contributed by atoms with E-state index in [0.717, 1.165) is 18.7 Å². The maximum Gasteiger partial charge on any atom is 0.165 e. The molecule has 0 amide bonds. The Labute approximate surface area is 103 Å². The third-order valence-corrected chi connectivity index (χ3v) is 2.40. The number of halogens is 1. The first kappa shape index (κ1) is 14.0. The van der Waals surface area contributed by atoms with Crippen LogP contribution in [0.15, 0.2) is 18.2 Å². The summed E-state index contributed by atoms with van der Waals surface area (Å²) < 4.78 is 19.0. The van der Waals surface area contributed by atoms with E-state index in [1.165, 1.54) is 6.07 Å². The van der Waals surface area contributed by atoms with Crippen molar-refractivity contribution >= 4 is 0 Å². The molecular weight excluding hydrogens is 217 g/mol. The normalized spacial score (nSPS) is 12.8. The average molecular weight is 239 g/mol. The number of ether oxygens (including phenoxy) is 1. The number of aryl methyl sites for hydroxylation is 1. The molecule has 0 heterocycles. The summed E-state index contributed by atoms with van der Waals surface area (Å²) >= 11 is 0. The zero-order valence-corrected chi connectivity index (χ0v) is 11.1. The molecule has 1 atom stereocenters. The fraction of sp³-hybridized carbons (Fsp3) is 0.571. The van der Waals surface area contributed by atoms with Gasteiger partial charge in [0.1, 0.15) is 6.10 Å². The molecule has 1 rings (SSSR count). The Morgan fingerprint density at radius 2 is 1.94 bits per heavy atom. The fourth-order valence-corrected chi connectivity index (χ4v) is 1.53. The first-order valence-corrected chi connectivity index (χ1v) is 6.12. The molecule has 1 aromatic carbocycles. The zero-order valence-electron chi connectivity index (χ0n) is 11.1. The highest BCUT2D eigenvalue weighted by atomic mass is 19.1. The van der Waals surface area contributed by atoms with Gasteiger partial charge in [-0.1, -0.05) is 19.9 Å². The molecule has 0 aromatic heterocycles. The molecule has 0 spiro atoms. The van der Waals surface area contributed by atoms with Gasteiger partial charge in [0.25, 0.3) is 0 Å². The van der Waals surface area contributed by atoms with E-state index in [9.17, 15) is 4.39 Å². The molecule has 0 radical (unpaired) electrons. The van der Waals surface area contributed by atoms with E-state index in [-0.39, 0.29) is 11.9 Å². The lowest BCUT2D eigenvalue weighted by Gasteiger charge is -2.17. The Balaban J connectivity index is 2.44. The van der Waals surface area contributed by atoms with Crippen molar-refractivity contribution in [1.82, 2.24) is 5.32 Å². The Morgan fingerprint density at radius 1 is 1.24 bits per heavy atom. The highest BCUT2D eigenvalue weighted by Crippen LogP contribution is 2.19. The summed E-state index contributed by atoms with van der Waals surface area (Å²) in [4.78, 5) is 0. The lowest BCUT2D eigenvalue weighted by molar-refractivity contribution is 0.206. The van der Waals surface area contributed by atoms with E-state index in [1.807, 2.05) is 13.8 Å². The number of rotatable bonds is 6. The summed E-state index contributed by atoms with van der Waals surface area (Å²) in [6.45, 7) is 9.84. The van der Waals surface area contributed by atoms with Gasteiger partial charge in [-0.3, -0.25) is 0 Å². The highest BCUT2D eigenvalue weighted by Gasteiger charge is 2.08. The van der Waals surface area contributed by atoms with Crippen LogP contribution >= 0.6 is 0 Å². The molecule has 3 heteroatoms. The van der Waals surface area contributed by atoms with Gasteiger partial charge in [-0.05, 0) is 44.0 Å². The fourth-order valence-electron chi connectivity index (χ4n) is 1.53. The third-order valence-electron chi connectivity index (χ3n) is 2.40. The monoisotopic (exact) mass is 239 g/mol. The molecule has 0 fully saturated rings. The predicted molar refractivity (Wildman–Crippen MR) is 68.9 cm³/mol. The quantitative estimate of drug-likeness (QED) is 0.823. The van der Waals surface area contributed by atoms with Crippen molar-refractivity contribution in [2.45, 2.75) is 33.8 Å². The maximum absolute atomic E-state index is 13.4. The van der Waals surface area contributed by atoms with Gasteiger partial charge in [0.2, 0.25) is 0 Å². The van der Waals surface area contributed by atoms with Crippen LogP contribution in [0.3, 0.4) is 0 Å². The Morgan fingerprint density at radius 3 is 2.59 bits per heavy atom. The van der Waals surface area contributed by atoms with Crippen molar-refractivity contribution in [2.24, 2.45) is 5.92 Å². The van der Waals surface area contributed by atoms with Gasteiger partial charge in [0, 0.05) is 6.54 Å². The van der Waals surface area contributed by atoms with Crippen molar-refractivity contribution < 1.29 is 9.13 Å². The smallest absolute Gasteiger partial charge is 0.165 e. The van der Waals surface area contributed by atoms with Crippen molar-refractivity contribution in [1.29, 1.82) is 0 Å². The second-order valence-electron chi connectivity index (χ2n) is 4.91. The van der Waals surface area contributed by atoms with E-state index >= 15 is 0 Å². The molecule has 96 valence electrons. The first-order chi connectivity index (χ1) is 7.99. The summed E-state index contributed by atoms with van der Waals surface area (Å²) in [5.74, 6) is 0.646. The number of hydrogen-bond donors (Lipinski definition) is 1. The molecule has 17 heavy (non-hydrogen) atoms. The predicted octanol–water partition coefficient (Wildman–Crippen LogP) is 3.15. The SMILES string of the molecule is Cc1ccc(F)c(OC(C)CNCC(C)C)c1. The topological polar surface area (TPSA) is 21.3 Å². The molecule has 1 unspecified atom stereocenters. The van der Waals surface area contributed by atoms with Gasteiger partial charge >= 0.3 is 0 Å². The van der Waals surface area contributed by atoms with Crippen LogP contribution in [0.4, 0.5) is 4.39 Å². The van der Waals surface area contributed by atoms with Crippen LogP contribution in [0.5, 0.6) is 5.75 Å². The second kappa shape index (κ2) is 6.60. The van der Waals surface area contributed by atoms with Gasteiger partial charge in [-0.15, -0.1) is 0 Å². The lowest BCUT2D eigenvalue weighted by atomic mass is 10.2. The van der Waals surface area contributed by atoms with Crippen molar-refractivity contribution in [3.8, 4) is 5.75 Å². The van der Waals surface area contributed by atoms with Crippen LogP contribution in [0, 0.1) is 18.7 Å². The van der Waals surface area contributed by atoms with Crippen LogP contribution in [-0.4, -0.2) is 19.2 Å². The van der Waals surface area contributed by atoms with Gasteiger partial charge < -0.3 is 10.1 Å². The maximum atomic E-state index is 13.4. The van der Waals surface area contributed by atoms with Crippen LogP contribution in [-0.2, 0) is 0 Å². The summed E-state index contributed by atoms with van der Waals surface area (Å²) in [7, 11) is 0. The third kappa shape index (κ3) is 5.18. The summed E-state index contributed by atoms with van der Waals surface area (Å²) in [5, 5.41) is 3.29. The van der Waals surface area contributed by atoms with Crippen LogP contribution in [0.1, 0.15) is 26.3 Å². The minimum Gasteiger partial charge on any atom is -0.486 e. The molecule has 0 bridgehead atoms. The van der Waals surface area contributed by atoms with Crippen molar-refractivity contribution in [3.05, 3.63) is 29.6 Å². The van der Waals surface area contributed by atoms with Crippen LogP contribution in [0.25, 0.3) is 0 Å². The number of nitrogens with one attached hydrogen (secondary N) is 1. The van der Waals surface area contributed by atoms with E-state index in [2.05, 4.69) is 19.2 Å². The van der Waals surface area contributed by atoms with Crippen LogP contribution < -0.4 is 10.1 Å². The van der Waals surface area contributed by atoms with Gasteiger partial charge in [-0.25, -0.2) is 4.39 Å². The second-order valence-corrected chi connectivity index (χ2v) is 4.91. The molecule has 1 aromatic rings. The molecule has 2 nitrogen and oxygen atoms in total. The Hall–Kier alpha value is -1.09. The number of benzene rings is 1. The zero-order chi connectivity index (χ0) is 12.8. The standard InChI is InChI=1S/C14H22FNO/c1-10(2)8-16-9-12(4)17-14-7-11(3)5-6-13(14)15/h5-7,10,12,16H,8-9H2,1-4H3. The Bertz CT molecular complexity index is 352. The van der Waals surface area contributed by atoms with Gasteiger partial charge in [-0.2, -0.15) is 0 Å².